The summed E-state index contributed by atoms with van der Waals surface area (Å²) < 4.78 is 6.17. The third-order valence-electron chi connectivity index (χ3n) is 6.83. The minimum absolute atomic E-state index is 0.577. The SMILES string of the molecule is O=[C]c1ccccc1-c1ccccc1OCCN1CCC(C2CCCCC2)CC1. The minimum atomic E-state index is 0.577. The van der Waals surface area contributed by atoms with Gasteiger partial charge < -0.3 is 4.74 Å². The highest BCUT2D eigenvalue weighted by Gasteiger charge is 2.27. The van der Waals surface area contributed by atoms with Crippen LogP contribution < -0.4 is 4.74 Å². The average molecular weight is 391 g/mol. The van der Waals surface area contributed by atoms with Crippen LogP contribution in [0.4, 0.5) is 0 Å². The summed E-state index contributed by atoms with van der Waals surface area (Å²) in [5.41, 5.74) is 2.42. The van der Waals surface area contributed by atoms with Gasteiger partial charge in [-0.3, -0.25) is 9.69 Å². The number of nitrogens with zero attached hydrogens (tertiary/aromatic N) is 1. The molecule has 0 atom stereocenters. The number of para-hydroxylation sites is 1. The molecule has 2 aromatic rings. The number of piperidine rings is 1. The highest BCUT2D eigenvalue weighted by atomic mass is 16.5. The van der Waals surface area contributed by atoms with Crippen molar-refractivity contribution in [2.45, 2.75) is 44.9 Å². The number of hydrogen-bond donors (Lipinski definition) is 0. The quantitative estimate of drug-likeness (QED) is 0.627. The van der Waals surface area contributed by atoms with E-state index in [-0.39, 0.29) is 0 Å². The molecule has 0 bridgehead atoms. The number of benzene rings is 2. The summed E-state index contributed by atoms with van der Waals surface area (Å²) in [6.45, 7) is 4.05. The second-order valence-corrected chi connectivity index (χ2v) is 8.57. The summed E-state index contributed by atoms with van der Waals surface area (Å²) >= 11 is 0. The molecule has 0 unspecified atom stereocenters. The number of carbonyl (C=O) groups excluding carboxylic acids is 1. The average Bonchev–Trinajstić information content (AvgIpc) is 2.80. The van der Waals surface area contributed by atoms with Crippen LogP contribution in [-0.4, -0.2) is 37.4 Å². The zero-order valence-corrected chi connectivity index (χ0v) is 17.3. The molecule has 153 valence electrons. The van der Waals surface area contributed by atoms with Gasteiger partial charge in [-0.15, -0.1) is 0 Å². The first kappa shape index (κ1) is 20.2. The molecule has 1 saturated carbocycles. The summed E-state index contributed by atoms with van der Waals surface area (Å²) in [7, 11) is 0. The van der Waals surface area contributed by atoms with E-state index in [1.54, 1.807) is 6.07 Å². The van der Waals surface area contributed by atoms with Crippen molar-refractivity contribution in [3.05, 3.63) is 54.1 Å². The van der Waals surface area contributed by atoms with Gasteiger partial charge in [0.2, 0.25) is 6.29 Å². The fourth-order valence-electron chi connectivity index (χ4n) is 5.16. The smallest absolute Gasteiger partial charge is 0.234 e. The van der Waals surface area contributed by atoms with Gasteiger partial charge in [0.05, 0.1) is 0 Å². The predicted octanol–water partition coefficient (Wildman–Crippen LogP) is 5.48. The topological polar surface area (TPSA) is 29.5 Å². The Morgan fingerprint density at radius 3 is 2.24 bits per heavy atom. The standard InChI is InChI=1S/C26H32NO2/c28-20-23-10-4-5-11-24(23)25-12-6-7-13-26(25)29-19-18-27-16-14-22(15-17-27)21-8-2-1-3-9-21/h4-7,10-13,21-22H,1-3,8-9,14-19H2. The molecule has 4 rings (SSSR count). The maximum Gasteiger partial charge on any atom is 0.234 e. The van der Waals surface area contributed by atoms with Crippen molar-refractivity contribution in [3.8, 4) is 16.9 Å². The van der Waals surface area contributed by atoms with Gasteiger partial charge in [0.1, 0.15) is 12.4 Å². The summed E-state index contributed by atoms with van der Waals surface area (Å²) in [6.07, 6.45) is 12.0. The molecule has 2 fully saturated rings. The Labute approximate surface area is 175 Å². The maximum absolute atomic E-state index is 11.3. The van der Waals surface area contributed by atoms with Crippen LogP contribution in [0.1, 0.15) is 50.5 Å². The van der Waals surface area contributed by atoms with Crippen LogP contribution in [0.5, 0.6) is 5.75 Å². The number of rotatable bonds is 7. The molecule has 0 amide bonds. The van der Waals surface area contributed by atoms with E-state index in [1.165, 1.54) is 58.0 Å². The van der Waals surface area contributed by atoms with E-state index in [1.807, 2.05) is 48.8 Å². The van der Waals surface area contributed by atoms with E-state index in [4.69, 9.17) is 4.74 Å². The van der Waals surface area contributed by atoms with E-state index in [0.717, 1.165) is 35.3 Å². The van der Waals surface area contributed by atoms with Crippen molar-refractivity contribution < 1.29 is 9.53 Å². The summed E-state index contributed by atoms with van der Waals surface area (Å²) in [5.74, 6) is 2.78. The molecule has 1 radical (unpaired) electrons. The molecule has 0 aromatic heterocycles. The van der Waals surface area contributed by atoms with Crippen molar-refractivity contribution in [3.63, 3.8) is 0 Å². The Bertz CT molecular complexity index is 789. The van der Waals surface area contributed by atoms with Gasteiger partial charge >= 0.3 is 0 Å². The molecule has 29 heavy (non-hydrogen) atoms. The molecule has 1 heterocycles. The molecule has 1 aliphatic heterocycles. The second-order valence-electron chi connectivity index (χ2n) is 8.57. The van der Waals surface area contributed by atoms with E-state index in [2.05, 4.69) is 4.90 Å². The molecule has 3 nitrogen and oxygen atoms in total. The maximum atomic E-state index is 11.3. The Morgan fingerprint density at radius 2 is 1.48 bits per heavy atom. The van der Waals surface area contributed by atoms with Crippen LogP contribution >= 0.6 is 0 Å². The van der Waals surface area contributed by atoms with Crippen molar-refractivity contribution in [1.29, 1.82) is 0 Å². The van der Waals surface area contributed by atoms with Gasteiger partial charge in [-0.25, -0.2) is 0 Å². The lowest BCUT2D eigenvalue weighted by molar-refractivity contribution is 0.114. The van der Waals surface area contributed by atoms with Crippen LogP contribution in [0.2, 0.25) is 0 Å². The molecule has 0 N–H and O–H groups in total. The summed E-state index contributed by atoms with van der Waals surface area (Å²) in [6, 6.07) is 15.6. The highest BCUT2D eigenvalue weighted by molar-refractivity contribution is 5.89. The highest BCUT2D eigenvalue weighted by Crippen LogP contribution is 2.36. The van der Waals surface area contributed by atoms with Gasteiger partial charge in [0, 0.05) is 17.7 Å². The third kappa shape index (κ3) is 5.08. The van der Waals surface area contributed by atoms with Gasteiger partial charge in [-0.2, -0.15) is 0 Å². The monoisotopic (exact) mass is 390 g/mol. The van der Waals surface area contributed by atoms with Crippen LogP contribution in [0.25, 0.3) is 11.1 Å². The first-order chi connectivity index (χ1) is 14.3. The zero-order chi connectivity index (χ0) is 19.9. The lowest BCUT2D eigenvalue weighted by Crippen LogP contribution is -2.38. The van der Waals surface area contributed by atoms with Crippen molar-refractivity contribution in [2.24, 2.45) is 11.8 Å². The second kappa shape index (κ2) is 10.1. The predicted molar refractivity (Wildman–Crippen MR) is 118 cm³/mol. The molecular formula is C26H32NO2. The molecule has 2 aliphatic rings. The Hall–Kier alpha value is -2.13. The Balaban J connectivity index is 1.30. The lowest BCUT2D eigenvalue weighted by Gasteiger charge is -2.37. The molecular weight excluding hydrogens is 358 g/mol. The zero-order valence-electron chi connectivity index (χ0n) is 17.3. The minimum Gasteiger partial charge on any atom is -0.492 e. The van der Waals surface area contributed by atoms with Gasteiger partial charge in [-0.1, -0.05) is 74.6 Å². The molecule has 3 heteroatoms. The van der Waals surface area contributed by atoms with E-state index >= 15 is 0 Å². The van der Waals surface area contributed by atoms with Crippen LogP contribution in [0.15, 0.2) is 48.5 Å². The van der Waals surface area contributed by atoms with Gasteiger partial charge in [0.15, 0.2) is 0 Å². The van der Waals surface area contributed by atoms with Crippen molar-refractivity contribution >= 4 is 6.29 Å². The normalized spacial score (nSPS) is 19.2. The van der Waals surface area contributed by atoms with Crippen molar-refractivity contribution in [2.75, 3.05) is 26.2 Å². The van der Waals surface area contributed by atoms with Crippen molar-refractivity contribution in [1.82, 2.24) is 4.90 Å². The lowest BCUT2D eigenvalue weighted by atomic mass is 9.76. The third-order valence-corrected chi connectivity index (χ3v) is 6.83. The number of ether oxygens (including phenoxy) is 1. The first-order valence-corrected chi connectivity index (χ1v) is 11.3. The van der Waals surface area contributed by atoms with Crippen LogP contribution in [0.3, 0.4) is 0 Å². The Morgan fingerprint density at radius 1 is 0.828 bits per heavy atom. The fraction of sp³-hybridized carbons (Fsp3) is 0.500. The van der Waals surface area contributed by atoms with Crippen LogP contribution in [0, 0.1) is 11.8 Å². The van der Waals surface area contributed by atoms with E-state index in [9.17, 15) is 4.79 Å². The fourth-order valence-corrected chi connectivity index (χ4v) is 5.16. The number of hydrogen-bond acceptors (Lipinski definition) is 3. The Kier molecular flexibility index (Phi) is 7.00. The van der Waals surface area contributed by atoms with Gasteiger partial charge in [-0.05, 0) is 49.4 Å². The number of likely N-dealkylation sites (tertiary alicyclic amines) is 1. The van der Waals surface area contributed by atoms with Gasteiger partial charge in [0.25, 0.3) is 0 Å². The van der Waals surface area contributed by atoms with E-state index in [0.29, 0.717) is 12.2 Å². The molecule has 2 aromatic carbocycles. The largest absolute Gasteiger partial charge is 0.492 e. The summed E-state index contributed by atoms with van der Waals surface area (Å²) in [5, 5.41) is 0. The summed E-state index contributed by atoms with van der Waals surface area (Å²) in [4.78, 5) is 13.9. The first-order valence-electron chi connectivity index (χ1n) is 11.3. The molecule has 1 aliphatic carbocycles. The van der Waals surface area contributed by atoms with E-state index < -0.39 is 0 Å². The van der Waals surface area contributed by atoms with Crippen LogP contribution in [-0.2, 0) is 4.79 Å². The molecule has 0 spiro atoms. The molecule has 1 saturated heterocycles.